The Hall–Kier alpha value is -2.24. The molecule has 0 saturated heterocycles. The average molecular weight is 323 g/mol. The first kappa shape index (κ1) is 18.8. The number of ether oxygens (including phenoxy) is 3. The Morgan fingerprint density at radius 2 is 1.74 bits per heavy atom. The Balaban J connectivity index is 2.58. The Morgan fingerprint density at radius 3 is 2.30 bits per heavy atom. The highest BCUT2D eigenvalue weighted by Gasteiger charge is 2.14. The molecule has 0 bridgehead atoms. The maximum Gasteiger partial charge on any atom is 0.307 e. The molecular formula is C17H25NO5. The second kappa shape index (κ2) is 9.71. The first-order valence-electron chi connectivity index (χ1n) is 7.61. The van der Waals surface area contributed by atoms with E-state index in [1.807, 2.05) is 25.1 Å². The van der Waals surface area contributed by atoms with Crippen molar-refractivity contribution in [1.82, 2.24) is 4.90 Å². The van der Waals surface area contributed by atoms with Gasteiger partial charge in [-0.1, -0.05) is 6.07 Å². The van der Waals surface area contributed by atoms with E-state index >= 15 is 0 Å². The lowest BCUT2D eigenvalue weighted by Crippen LogP contribution is -2.33. The van der Waals surface area contributed by atoms with Gasteiger partial charge in [0, 0.05) is 19.5 Å². The van der Waals surface area contributed by atoms with Gasteiger partial charge in [0.15, 0.2) is 11.5 Å². The van der Waals surface area contributed by atoms with E-state index in [9.17, 15) is 9.59 Å². The van der Waals surface area contributed by atoms with E-state index in [4.69, 9.17) is 9.47 Å². The van der Waals surface area contributed by atoms with Gasteiger partial charge in [-0.05, 0) is 31.0 Å². The first-order valence-corrected chi connectivity index (χ1v) is 7.61. The van der Waals surface area contributed by atoms with E-state index in [0.29, 0.717) is 37.4 Å². The summed E-state index contributed by atoms with van der Waals surface area (Å²) in [4.78, 5) is 25.1. The van der Waals surface area contributed by atoms with E-state index in [0.717, 1.165) is 5.56 Å². The normalized spacial score (nSPS) is 10.1. The van der Waals surface area contributed by atoms with Crippen molar-refractivity contribution in [2.24, 2.45) is 0 Å². The molecule has 0 spiro atoms. The SMILES string of the molecule is CCN(CCC(=O)OC)C(=O)CCc1ccc(OC)c(OC)c1. The number of benzene rings is 1. The van der Waals surface area contributed by atoms with Crippen molar-refractivity contribution in [2.45, 2.75) is 26.2 Å². The van der Waals surface area contributed by atoms with Crippen LogP contribution in [0.15, 0.2) is 18.2 Å². The van der Waals surface area contributed by atoms with Crippen LogP contribution in [0.2, 0.25) is 0 Å². The zero-order valence-electron chi connectivity index (χ0n) is 14.3. The molecule has 1 aromatic carbocycles. The zero-order chi connectivity index (χ0) is 17.2. The van der Waals surface area contributed by atoms with E-state index in [-0.39, 0.29) is 18.3 Å². The fourth-order valence-corrected chi connectivity index (χ4v) is 2.23. The van der Waals surface area contributed by atoms with Gasteiger partial charge in [0.2, 0.25) is 5.91 Å². The largest absolute Gasteiger partial charge is 0.493 e. The fraction of sp³-hybridized carbons (Fsp3) is 0.529. The lowest BCUT2D eigenvalue weighted by molar-refractivity contribution is -0.141. The Kier molecular flexibility index (Phi) is 7.94. The molecule has 6 heteroatoms. The first-order chi connectivity index (χ1) is 11.0. The molecule has 0 aromatic heterocycles. The summed E-state index contributed by atoms with van der Waals surface area (Å²) in [5.74, 6) is 1.02. The van der Waals surface area contributed by atoms with Crippen molar-refractivity contribution in [2.75, 3.05) is 34.4 Å². The summed E-state index contributed by atoms with van der Waals surface area (Å²) in [5.41, 5.74) is 1.00. The predicted molar refractivity (Wildman–Crippen MR) is 86.8 cm³/mol. The topological polar surface area (TPSA) is 65.1 Å². The Labute approximate surface area is 137 Å². The van der Waals surface area contributed by atoms with Gasteiger partial charge in [-0.25, -0.2) is 0 Å². The van der Waals surface area contributed by atoms with E-state index < -0.39 is 0 Å². The highest BCUT2D eigenvalue weighted by molar-refractivity contribution is 5.77. The number of carbonyl (C=O) groups excluding carboxylic acids is 2. The summed E-state index contributed by atoms with van der Waals surface area (Å²) >= 11 is 0. The molecule has 1 amide bonds. The minimum atomic E-state index is -0.309. The number of aryl methyl sites for hydroxylation is 1. The standard InChI is InChI=1S/C17H25NO5/c1-5-18(11-10-17(20)23-4)16(19)9-7-13-6-8-14(21-2)15(12-13)22-3/h6,8,12H,5,7,9-11H2,1-4H3. The van der Waals surface area contributed by atoms with Crippen molar-refractivity contribution < 1.29 is 23.8 Å². The lowest BCUT2D eigenvalue weighted by Gasteiger charge is -2.20. The van der Waals surface area contributed by atoms with Crippen LogP contribution in [0.25, 0.3) is 0 Å². The number of carbonyl (C=O) groups is 2. The van der Waals surface area contributed by atoms with Crippen LogP contribution in [0, 0.1) is 0 Å². The Bertz CT molecular complexity index is 530. The van der Waals surface area contributed by atoms with E-state index in [1.165, 1.54) is 7.11 Å². The van der Waals surface area contributed by atoms with Gasteiger partial charge >= 0.3 is 5.97 Å². The van der Waals surface area contributed by atoms with Crippen molar-refractivity contribution in [3.8, 4) is 11.5 Å². The van der Waals surface area contributed by atoms with Crippen LogP contribution < -0.4 is 9.47 Å². The third kappa shape index (κ3) is 5.81. The summed E-state index contributed by atoms with van der Waals surface area (Å²) in [6.07, 6.45) is 1.20. The number of nitrogens with zero attached hydrogens (tertiary/aromatic N) is 1. The van der Waals surface area contributed by atoms with E-state index in [2.05, 4.69) is 4.74 Å². The number of hydrogen-bond acceptors (Lipinski definition) is 5. The highest BCUT2D eigenvalue weighted by atomic mass is 16.5. The second-order valence-corrected chi connectivity index (χ2v) is 4.99. The smallest absolute Gasteiger partial charge is 0.307 e. The monoisotopic (exact) mass is 323 g/mol. The molecule has 0 heterocycles. The number of methoxy groups -OCH3 is 3. The molecule has 0 radical (unpaired) electrons. The summed E-state index contributed by atoms with van der Waals surface area (Å²) in [6.45, 7) is 2.85. The minimum Gasteiger partial charge on any atom is -0.493 e. The molecule has 0 aliphatic carbocycles. The van der Waals surface area contributed by atoms with Crippen LogP contribution in [0.1, 0.15) is 25.3 Å². The molecule has 1 aromatic rings. The molecule has 23 heavy (non-hydrogen) atoms. The van der Waals surface area contributed by atoms with Crippen molar-refractivity contribution in [3.05, 3.63) is 23.8 Å². The van der Waals surface area contributed by atoms with Gasteiger partial charge in [0.25, 0.3) is 0 Å². The Morgan fingerprint density at radius 1 is 1.04 bits per heavy atom. The van der Waals surface area contributed by atoms with Gasteiger partial charge in [0.1, 0.15) is 0 Å². The number of amides is 1. The number of esters is 1. The van der Waals surface area contributed by atoms with E-state index in [1.54, 1.807) is 19.1 Å². The van der Waals surface area contributed by atoms with Crippen LogP contribution in [-0.4, -0.2) is 51.2 Å². The van der Waals surface area contributed by atoms with Crippen LogP contribution in [0.5, 0.6) is 11.5 Å². The molecule has 6 nitrogen and oxygen atoms in total. The molecule has 0 atom stereocenters. The molecule has 0 aliphatic heterocycles. The molecule has 1 rings (SSSR count). The van der Waals surface area contributed by atoms with Crippen LogP contribution in [0.3, 0.4) is 0 Å². The predicted octanol–water partition coefficient (Wildman–Crippen LogP) is 2.05. The third-order valence-corrected chi connectivity index (χ3v) is 3.62. The molecule has 128 valence electrons. The maximum absolute atomic E-state index is 12.2. The average Bonchev–Trinajstić information content (AvgIpc) is 2.59. The lowest BCUT2D eigenvalue weighted by atomic mass is 10.1. The summed E-state index contributed by atoms with van der Waals surface area (Å²) < 4.78 is 15.1. The third-order valence-electron chi connectivity index (χ3n) is 3.62. The van der Waals surface area contributed by atoms with Gasteiger partial charge in [0.05, 0.1) is 27.8 Å². The molecular weight excluding hydrogens is 298 g/mol. The van der Waals surface area contributed by atoms with Gasteiger partial charge in [-0.2, -0.15) is 0 Å². The van der Waals surface area contributed by atoms with Crippen molar-refractivity contribution in [3.63, 3.8) is 0 Å². The van der Waals surface area contributed by atoms with Gasteiger partial charge < -0.3 is 19.1 Å². The minimum absolute atomic E-state index is 0.0196. The fourth-order valence-electron chi connectivity index (χ4n) is 2.23. The van der Waals surface area contributed by atoms with Crippen molar-refractivity contribution in [1.29, 1.82) is 0 Å². The molecule has 0 aliphatic rings. The molecule has 0 unspecified atom stereocenters. The molecule has 0 fully saturated rings. The maximum atomic E-state index is 12.2. The van der Waals surface area contributed by atoms with Gasteiger partial charge in [-0.3, -0.25) is 9.59 Å². The highest BCUT2D eigenvalue weighted by Crippen LogP contribution is 2.28. The van der Waals surface area contributed by atoms with Crippen LogP contribution >= 0.6 is 0 Å². The zero-order valence-corrected chi connectivity index (χ0v) is 14.3. The molecule has 0 N–H and O–H groups in total. The van der Waals surface area contributed by atoms with Gasteiger partial charge in [-0.15, -0.1) is 0 Å². The number of hydrogen-bond donors (Lipinski definition) is 0. The van der Waals surface area contributed by atoms with Crippen LogP contribution in [0.4, 0.5) is 0 Å². The number of rotatable bonds is 9. The summed E-state index contributed by atoms with van der Waals surface area (Å²) in [5, 5.41) is 0. The summed E-state index contributed by atoms with van der Waals surface area (Å²) in [7, 11) is 4.51. The quantitative estimate of drug-likeness (QED) is 0.651. The summed E-state index contributed by atoms with van der Waals surface area (Å²) in [6, 6.07) is 5.61. The van der Waals surface area contributed by atoms with Crippen molar-refractivity contribution >= 4 is 11.9 Å². The van der Waals surface area contributed by atoms with Crippen LogP contribution in [-0.2, 0) is 20.7 Å². The molecule has 0 saturated carbocycles. The second-order valence-electron chi connectivity index (χ2n) is 4.99.